The Hall–Kier alpha value is -3.56. The van der Waals surface area contributed by atoms with Gasteiger partial charge in [0, 0.05) is 29.6 Å². The number of oxazole rings is 1. The summed E-state index contributed by atoms with van der Waals surface area (Å²) in [5.74, 6) is -0.120. The molecule has 7 nitrogen and oxygen atoms in total. The number of hydrogen-bond donors (Lipinski definition) is 1. The van der Waals surface area contributed by atoms with Crippen LogP contribution in [-0.2, 0) is 0 Å². The zero-order chi connectivity index (χ0) is 22.6. The van der Waals surface area contributed by atoms with E-state index in [9.17, 15) is 18.0 Å². The van der Waals surface area contributed by atoms with Crippen molar-refractivity contribution in [1.82, 2.24) is 15.3 Å². The Kier molecular flexibility index (Phi) is 6.29. The van der Waals surface area contributed by atoms with Crippen LogP contribution in [-0.4, -0.2) is 28.5 Å². The third-order valence-electron chi connectivity index (χ3n) is 5.04. The van der Waals surface area contributed by atoms with Gasteiger partial charge in [-0.05, 0) is 37.1 Å². The number of amides is 1. The lowest BCUT2D eigenvalue weighted by atomic mass is 9.96. The Labute approximate surface area is 181 Å². The average Bonchev–Trinajstić information content (AvgIpc) is 3.30. The molecule has 1 saturated carbocycles. The molecule has 0 bridgehead atoms. The van der Waals surface area contributed by atoms with Gasteiger partial charge in [-0.1, -0.05) is 19.3 Å². The lowest BCUT2D eigenvalue weighted by molar-refractivity contribution is -0.274. The minimum absolute atomic E-state index is 0.0326. The highest BCUT2D eigenvalue weighted by molar-refractivity contribution is 5.76. The maximum absolute atomic E-state index is 13.0. The van der Waals surface area contributed by atoms with Gasteiger partial charge in [0.25, 0.3) is 0 Å². The highest BCUT2D eigenvalue weighted by atomic mass is 19.4. The number of hydrogen-bond acceptors (Lipinski definition) is 6. The first-order valence-corrected chi connectivity index (χ1v) is 10.1. The predicted molar refractivity (Wildman–Crippen MR) is 108 cm³/mol. The molecule has 0 aliphatic heterocycles. The van der Waals surface area contributed by atoms with Crippen molar-refractivity contribution in [3.8, 4) is 34.1 Å². The maximum Gasteiger partial charge on any atom is 0.573 e. The van der Waals surface area contributed by atoms with E-state index in [4.69, 9.17) is 9.15 Å². The van der Waals surface area contributed by atoms with Gasteiger partial charge in [-0.3, -0.25) is 4.98 Å². The molecule has 1 fully saturated rings. The first-order valence-electron chi connectivity index (χ1n) is 10.1. The van der Waals surface area contributed by atoms with Gasteiger partial charge >= 0.3 is 12.5 Å². The SMILES string of the molecule is O=C(NC1CCCCC1)Oc1ccc(OC(F)(F)F)c(-c2cncc(-c3ncco3)c2)c1. The molecule has 0 radical (unpaired) electrons. The fourth-order valence-corrected chi connectivity index (χ4v) is 3.63. The van der Waals surface area contributed by atoms with Crippen molar-refractivity contribution in [2.75, 3.05) is 0 Å². The van der Waals surface area contributed by atoms with Crippen LogP contribution in [0.2, 0.25) is 0 Å². The summed E-state index contributed by atoms with van der Waals surface area (Å²) >= 11 is 0. The molecule has 0 atom stereocenters. The van der Waals surface area contributed by atoms with Crippen molar-refractivity contribution in [2.45, 2.75) is 44.5 Å². The van der Waals surface area contributed by atoms with Crippen LogP contribution in [0.1, 0.15) is 32.1 Å². The summed E-state index contributed by atoms with van der Waals surface area (Å²) in [6, 6.07) is 5.24. The Bertz CT molecular complexity index is 1060. The summed E-state index contributed by atoms with van der Waals surface area (Å²) in [6.45, 7) is 0. The smallest absolute Gasteiger partial charge is 0.444 e. The van der Waals surface area contributed by atoms with E-state index in [1.165, 1.54) is 37.0 Å². The number of carbonyl (C=O) groups excluding carboxylic acids is 1. The summed E-state index contributed by atoms with van der Waals surface area (Å²) in [4.78, 5) is 20.4. The summed E-state index contributed by atoms with van der Waals surface area (Å²) in [6.07, 6.45) is 5.06. The van der Waals surface area contributed by atoms with Crippen molar-refractivity contribution in [3.05, 3.63) is 49.1 Å². The van der Waals surface area contributed by atoms with Crippen molar-refractivity contribution in [3.63, 3.8) is 0 Å². The van der Waals surface area contributed by atoms with E-state index in [1.807, 2.05) is 0 Å². The monoisotopic (exact) mass is 447 g/mol. The Morgan fingerprint density at radius 2 is 1.88 bits per heavy atom. The second-order valence-corrected chi connectivity index (χ2v) is 7.37. The van der Waals surface area contributed by atoms with E-state index in [0.717, 1.165) is 38.2 Å². The fourth-order valence-electron chi connectivity index (χ4n) is 3.63. The zero-order valence-corrected chi connectivity index (χ0v) is 16.9. The number of carbonyl (C=O) groups is 1. The zero-order valence-electron chi connectivity index (χ0n) is 16.9. The molecule has 4 rings (SSSR count). The molecule has 1 N–H and O–H groups in total. The lowest BCUT2D eigenvalue weighted by Gasteiger charge is -2.22. The van der Waals surface area contributed by atoms with Crippen LogP contribution in [0, 0.1) is 0 Å². The molecule has 0 unspecified atom stereocenters. The second-order valence-electron chi connectivity index (χ2n) is 7.37. The van der Waals surface area contributed by atoms with E-state index in [-0.39, 0.29) is 23.2 Å². The largest absolute Gasteiger partial charge is 0.573 e. The molecule has 1 aromatic carbocycles. The van der Waals surface area contributed by atoms with Crippen LogP contribution < -0.4 is 14.8 Å². The van der Waals surface area contributed by atoms with Gasteiger partial charge in [-0.15, -0.1) is 13.2 Å². The van der Waals surface area contributed by atoms with Gasteiger partial charge in [-0.2, -0.15) is 0 Å². The first-order chi connectivity index (χ1) is 15.4. The van der Waals surface area contributed by atoms with Gasteiger partial charge in [0.1, 0.15) is 17.8 Å². The third kappa shape index (κ3) is 5.57. The Morgan fingerprint density at radius 3 is 2.59 bits per heavy atom. The molecule has 2 heterocycles. The molecule has 168 valence electrons. The Balaban J connectivity index is 1.61. The van der Waals surface area contributed by atoms with Gasteiger partial charge in [0.2, 0.25) is 5.89 Å². The number of ether oxygens (including phenoxy) is 2. The van der Waals surface area contributed by atoms with Crippen LogP contribution >= 0.6 is 0 Å². The van der Waals surface area contributed by atoms with Crippen molar-refractivity contribution in [1.29, 1.82) is 0 Å². The number of aromatic nitrogens is 2. The number of nitrogens with one attached hydrogen (secondary N) is 1. The van der Waals surface area contributed by atoms with Crippen LogP contribution in [0.25, 0.3) is 22.6 Å². The van der Waals surface area contributed by atoms with Gasteiger partial charge < -0.3 is 19.2 Å². The standard InChI is InChI=1S/C22H20F3N3O4/c23-22(24,25)32-19-7-6-17(31-21(29)28-16-4-2-1-3-5-16)11-18(19)14-10-15(13-26-12-14)20-27-8-9-30-20/h6-13,16H,1-5H2,(H,28,29). The van der Waals surface area contributed by atoms with Gasteiger partial charge in [0.15, 0.2) is 0 Å². The normalized spacial score (nSPS) is 14.7. The summed E-state index contributed by atoms with van der Waals surface area (Å²) < 4.78 is 53.6. The van der Waals surface area contributed by atoms with E-state index in [0.29, 0.717) is 11.1 Å². The average molecular weight is 447 g/mol. The molecular formula is C22H20F3N3O4. The summed E-state index contributed by atoms with van der Waals surface area (Å²) in [7, 11) is 0. The molecule has 1 aliphatic rings. The van der Waals surface area contributed by atoms with E-state index in [1.54, 1.807) is 6.07 Å². The van der Waals surface area contributed by atoms with E-state index >= 15 is 0 Å². The number of nitrogens with zero attached hydrogens (tertiary/aromatic N) is 2. The highest BCUT2D eigenvalue weighted by Gasteiger charge is 2.32. The van der Waals surface area contributed by atoms with Crippen molar-refractivity contribution >= 4 is 6.09 Å². The number of alkyl halides is 3. The number of benzene rings is 1. The molecule has 3 aromatic rings. The van der Waals surface area contributed by atoms with Crippen molar-refractivity contribution < 1.29 is 31.9 Å². The predicted octanol–water partition coefficient (Wildman–Crippen LogP) is 5.72. The number of rotatable bonds is 5. The highest BCUT2D eigenvalue weighted by Crippen LogP contribution is 2.37. The lowest BCUT2D eigenvalue weighted by Crippen LogP contribution is -2.38. The topological polar surface area (TPSA) is 86.5 Å². The maximum atomic E-state index is 13.0. The van der Waals surface area contributed by atoms with Crippen molar-refractivity contribution in [2.24, 2.45) is 0 Å². The first kappa shape index (κ1) is 21.7. The minimum Gasteiger partial charge on any atom is -0.444 e. The quantitative estimate of drug-likeness (QED) is 0.538. The number of halogens is 3. The summed E-state index contributed by atoms with van der Waals surface area (Å²) in [5.41, 5.74) is 0.816. The molecule has 1 aliphatic carbocycles. The molecule has 10 heteroatoms. The fraction of sp³-hybridized carbons (Fsp3) is 0.318. The van der Waals surface area contributed by atoms with Crippen LogP contribution in [0.5, 0.6) is 11.5 Å². The molecule has 32 heavy (non-hydrogen) atoms. The van der Waals surface area contributed by atoms with Gasteiger partial charge in [0.05, 0.1) is 11.8 Å². The van der Waals surface area contributed by atoms with Crippen LogP contribution in [0.3, 0.4) is 0 Å². The Morgan fingerprint density at radius 1 is 1.09 bits per heavy atom. The minimum atomic E-state index is -4.90. The second kappa shape index (κ2) is 9.29. The third-order valence-corrected chi connectivity index (χ3v) is 5.04. The summed E-state index contributed by atoms with van der Waals surface area (Å²) in [5, 5.41) is 2.80. The van der Waals surface area contributed by atoms with E-state index in [2.05, 4.69) is 20.0 Å². The van der Waals surface area contributed by atoms with Crippen LogP contribution in [0.4, 0.5) is 18.0 Å². The number of pyridine rings is 1. The molecule has 2 aromatic heterocycles. The van der Waals surface area contributed by atoms with Gasteiger partial charge in [-0.25, -0.2) is 9.78 Å². The molecule has 1 amide bonds. The van der Waals surface area contributed by atoms with Crippen LogP contribution in [0.15, 0.2) is 53.5 Å². The molecule has 0 spiro atoms. The molecular weight excluding hydrogens is 427 g/mol. The van der Waals surface area contributed by atoms with E-state index < -0.39 is 18.2 Å². The molecule has 0 saturated heterocycles.